The molecule has 0 aliphatic heterocycles. The predicted molar refractivity (Wildman–Crippen MR) is 71.9 cm³/mol. The van der Waals surface area contributed by atoms with Crippen LogP contribution in [0.4, 0.5) is 5.95 Å². The minimum Gasteiger partial charge on any atom is -0.497 e. The van der Waals surface area contributed by atoms with E-state index in [2.05, 4.69) is 18.8 Å². The average Bonchev–Trinajstić information content (AvgIpc) is 2.64. The number of aromatic nitrogens is 2. The zero-order chi connectivity index (χ0) is 13.3. The number of methoxy groups -OCH3 is 2. The normalized spacial score (nSPS) is 12.0. The molecule has 0 unspecified atom stereocenters. The molecule has 0 atom stereocenters. The number of fused-ring (bicyclic) bond motifs is 1. The lowest BCUT2D eigenvalue weighted by atomic mass is 10.1. The molecule has 2 N–H and O–H groups in total. The maximum Gasteiger partial charge on any atom is 0.201 e. The van der Waals surface area contributed by atoms with Crippen LogP contribution in [0.25, 0.3) is 11.0 Å². The van der Waals surface area contributed by atoms with Gasteiger partial charge >= 0.3 is 0 Å². The predicted octanol–water partition coefficient (Wildman–Crippen LogP) is 2.01. The number of imidazole rings is 1. The lowest BCUT2D eigenvalue weighted by Gasteiger charge is -2.27. The minimum absolute atomic E-state index is 0.248. The van der Waals surface area contributed by atoms with Gasteiger partial charge in [-0.1, -0.05) is 0 Å². The van der Waals surface area contributed by atoms with E-state index < -0.39 is 0 Å². The van der Waals surface area contributed by atoms with Crippen molar-refractivity contribution in [2.24, 2.45) is 0 Å². The van der Waals surface area contributed by atoms with E-state index in [4.69, 9.17) is 15.2 Å². The van der Waals surface area contributed by atoms with Crippen molar-refractivity contribution in [2.75, 3.05) is 26.6 Å². The van der Waals surface area contributed by atoms with Crippen LogP contribution in [0.1, 0.15) is 13.8 Å². The van der Waals surface area contributed by atoms with Crippen LogP contribution >= 0.6 is 0 Å². The van der Waals surface area contributed by atoms with Gasteiger partial charge in [0, 0.05) is 13.2 Å². The van der Waals surface area contributed by atoms with Crippen LogP contribution in [0, 0.1) is 0 Å². The summed E-state index contributed by atoms with van der Waals surface area (Å²) >= 11 is 0. The summed E-state index contributed by atoms with van der Waals surface area (Å²) in [5.74, 6) is 1.26. The molecule has 0 radical (unpaired) electrons. The molecule has 0 aliphatic carbocycles. The number of ether oxygens (including phenoxy) is 2. The van der Waals surface area contributed by atoms with E-state index in [1.54, 1.807) is 14.2 Å². The Morgan fingerprint density at radius 1 is 1.33 bits per heavy atom. The Morgan fingerprint density at radius 3 is 2.67 bits per heavy atom. The third-order valence-electron chi connectivity index (χ3n) is 2.99. The SMILES string of the molecule is COCC(C)(C)n1c(N)nc2cc(OC)ccc21. The average molecular weight is 249 g/mol. The zero-order valence-corrected chi connectivity index (χ0v) is 11.2. The molecule has 98 valence electrons. The monoisotopic (exact) mass is 249 g/mol. The fourth-order valence-electron chi connectivity index (χ4n) is 2.26. The van der Waals surface area contributed by atoms with E-state index in [-0.39, 0.29) is 5.54 Å². The molecule has 2 aromatic rings. The molecule has 5 nitrogen and oxygen atoms in total. The first-order valence-corrected chi connectivity index (χ1v) is 5.81. The third-order valence-corrected chi connectivity index (χ3v) is 2.99. The van der Waals surface area contributed by atoms with Gasteiger partial charge in [-0.2, -0.15) is 0 Å². The van der Waals surface area contributed by atoms with E-state index in [9.17, 15) is 0 Å². The number of nitrogens with zero attached hydrogens (tertiary/aromatic N) is 2. The van der Waals surface area contributed by atoms with E-state index in [1.165, 1.54) is 0 Å². The van der Waals surface area contributed by atoms with Crippen LogP contribution < -0.4 is 10.5 Å². The van der Waals surface area contributed by atoms with Crippen molar-refractivity contribution in [2.45, 2.75) is 19.4 Å². The molecular formula is C13H19N3O2. The summed E-state index contributed by atoms with van der Waals surface area (Å²) in [7, 11) is 3.32. The first-order chi connectivity index (χ1) is 8.49. The zero-order valence-electron chi connectivity index (χ0n) is 11.2. The molecule has 1 aromatic heterocycles. The van der Waals surface area contributed by atoms with Gasteiger partial charge in [-0.25, -0.2) is 4.98 Å². The number of nitrogen functional groups attached to an aromatic ring is 1. The number of nitrogens with two attached hydrogens (primary N) is 1. The third kappa shape index (κ3) is 2.01. The second-order valence-electron chi connectivity index (χ2n) is 4.91. The second-order valence-corrected chi connectivity index (χ2v) is 4.91. The molecule has 18 heavy (non-hydrogen) atoms. The van der Waals surface area contributed by atoms with Crippen LogP contribution in [0.15, 0.2) is 18.2 Å². The Hall–Kier alpha value is -1.75. The first kappa shape index (κ1) is 12.7. The molecule has 0 bridgehead atoms. The van der Waals surface area contributed by atoms with Crippen molar-refractivity contribution in [3.8, 4) is 5.75 Å². The number of hydrogen-bond donors (Lipinski definition) is 1. The van der Waals surface area contributed by atoms with Crippen molar-refractivity contribution in [3.63, 3.8) is 0 Å². The van der Waals surface area contributed by atoms with Crippen molar-refractivity contribution < 1.29 is 9.47 Å². The standard InChI is InChI=1S/C13H19N3O2/c1-13(2,8-17-3)16-11-6-5-9(18-4)7-10(11)15-12(16)14/h5-7H,8H2,1-4H3,(H2,14,15). The lowest BCUT2D eigenvalue weighted by Crippen LogP contribution is -2.32. The number of rotatable bonds is 4. The topological polar surface area (TPSA) is 62.3 Å². The first-order valence-electron chi connectivity index (χ1n) is 5.81. The van der Waals surface area contributed by atoms with Crippen LogP contribution in [0.2, 0.25) is 0 Å². The van der Waals surface area contributed by atoms with Crippen molar-refractivity contribution in [1.82, 2.24) is 9.55 Å². The van der Waals surface area contributed by atoms with E-state index in [0.717, 1.165) is 16.8 Å². The van der Waals surface area contributed by atoms with Gasteiger partial charge in [0.15, 0.2) is 0 Å². The molecule has 1 aromatic carbocycles. The van der Waals surface area contributed by atoms with E-state index in [1.807, 2.05) is 22.8 Å². The highest BCUT2D eigenvalue weighted by molar-refractivity contribution is 5.80. The fourth-order valence-corrected chi connectivity index (χ4v) is 2.26. The molecule has 0 saturated heterocycles. The van der Waals surface area contributed by atoms with Gasteiger partial charge in [0.25, 0.3) is 0 Å². The maximum atomic E-state index is 6.02. The summed E-state index contributed by atoms with van der Waals surface area (Å²) in [4.78, 5) is 4.38. The summed E-state index contributed by atoms with van der Waals surface area (Å²) in [6.45, 7) is 4.70. The van der Waals surface area contributed by atoms with Gasteiger partial charge in [0.2, 0.25) is 5.95 Å². The highest BCUT2D eigenvalue weighted by atomic mass is 16.5. The molecule has 0 amide bonds. The van der Waals surface area contributed by atoms with Gasteiger partial charge in [-0.15, -0.1) is 0 Å². The second kappa shape index (κ2) is 4.49. The van der Waals surface area contributed by atoms with Crippen LogP contribution in [0.3, 0.4) is 0 Å². The molecule has 0 aliphatic rings. The molecule has 5 heteroatoms. The summed E-state index contributed by atoms with van der Waals surface area (Å²) in [5, 5.41) is 0. The van der Waals surface area contributed by atoms with Gasteiger partial charge in [0.05, 0.1) is 30.3 Å². The molecular weight excluding hydrogens is 230 g/mol. The molecule has 0 fully saturated rings. The molecule has 2 rings (SSSR count). The Bertz CT molecular complexity index is 561. The largest absolute Gasteiger partial charge is 0.497 e. The van der Waals surface area contributed by atoms with Crippen molar-refractivity contribution in [3.05, 3.63) is 18.2 Å². The minimum atomic E-state index is -0.248. The lowest BCUT2D eigenvalue weighted by molar-refractivity contribution is 0.113. The molecule has 0 saturated carbocycles. The molecule has 1 heterocycles. The van der Waals surface area contributed by atoms with Crippen molar-refractivity contribution in [1.29, 1.82) is 0 Å². The summed E-state index contributed by atoms with van der Waals surface area (Å²) < 4.78 is 12.4. The van der Waals surface area contributed by atoms with Gasteiger partial charge in [-0.05, 0) is 26.0 Å². The quantitative estimate of drug-likeness (QED) is 0.900. The van der Waals surface area contributed by atoms with E-state index >= 15 is 0 Å². The summed E-state index contributed by atoms with van der Waals surface area (Å²) in [6, 6.07) is 5.75. The van der Waals surface area contributed by atoms with Gasteiger partial charge < -0.3 is 19.8 Å². The fraction of sp³-hybridized carbons (Fsp3) is 0.462. The Morgan fingerprint density at radius 2 is 2.06 bits per heavy atom. The molecule has 0 spiro atoms. The number of anilines is 1. The highest BCUT2D eigenvalue weighted by Gasteiger charge is 2.25. The summed E-state index contributed by atoms with van der Waals surface area (Å²) in [5.41, 5.74) is 7.58. The highest BCUT2D eigenvalue weighted by Crippen LogP contribution is 2.29. The maximum absolute atomic E-state index is 6.02. The Balaban J connectivity index is 2.61. The smallest absolute Gasteiger partial charge is 0.201 e. The number of hydrogen-bond acceptors (Lipinski definition) is 4. The number of benzene rings is 1. The summed E-state index contributed by atoms with van der Waals surface area (Å²) in [6.07, 6.45) is 0. The van der Waals surface area contributed by atoms with Gasteiger partial charge in [-0.3, -0.25) is 0 Å². The van der Waals surface area contributed by atoms with Gasteiger partial charge in [0.1, 0.15) is 5.75 Å². The van der Waals surface area contributed by atoms with E-state index in [0.29, 0.717) is 12.6 Å². The van der Waals surface area contributed by atoms with Crippen LogP contribution in [-0.2, 0) is 10.3 Å². The Labute approximate surface area is 107 Å². The van der Waals surface area contributed by atoms with Crippen LogP contribution in [-0.4, -0.2) is 30.4 Å². The Kier molecular flexibility index (Phi) is 3.17. The van der Waals surface area contributed by atoms with Crippen molar-refractivity contribution >= 4 is 17.0 Å². The van der Waals surface area contributed by atoms with Crippen LogP contribution in [0.5, 0.6) is 5.75 Å².